The van der Waals surface area contributed by atoms with Crippen LogP contribution in [0.2, 0.25) is 0 Å². The fourth-order valence-electron chi connectivity index (χ4n) is 4.04. The van der Waals surface area contributed by atoms with Gasteiger partial charge in [-0.3, -0.25) is 0 Å². The third-order valence-corrected chi connectivity index (χ3v) is 7.29. The highest BCUT2D eigenvalue weighted by Crippen LogP contribution is 2.42. The fraction of sp³-hybridized carbons (Fsp3) is 0.611. The average Bonchev–Trinajstić information content (AvgIpc) is 3.20. The molecule has 3 rings (SSSR count). The van der Waals surface area contributed by atoms with Crippen LogP contribution < -0.4 is 10.6 Å². The van der Waals surface area contributed by atoms with Gasteiger partial charge in [0, 0.05) is 18.0 Å². The van der Waals surface area contributed by atoms with Crippen molar-refractivity contribution in [3.8, 4) is 0 Å². The Hall–Kier alpha value is -1.77. The van der Waals surface area contributed by atoms with Gasteiger partial charge in [0.2, 0.25) is 0 Å². The van der Waals surface area contributed by atoms with Crippen LogP contribution in [0.4, 0.5) is 18.0 Å². The van der Waals surface area contributed by atoms with Crippen LogP contribution >= 0.6 is 0 Å². The van der Waals surface area contributed by atoms with Crippen molar-refractivity contribution in [3.05, 3.63) is 35.4 Å². The molecule has 27 heavy (non-hydrogen) atoms. The van der Waals surface area contributed by atoms with E-state index in [9.17, 15) is 26.4 Å². The first kappa shape index (κ1) is 20.0. The maximum absolute atomic E-state index is 13.1. The number of carbonyl (C=O) groups excluding carboxylic acids is 1. The predicted octanol–water partition coefficient (Wildman–Crippen LogP) is 3.00. The molecule has 1 aliphatic heterocycles. The van der Waals surface area contributed by atoms with Crippen LogP contribution in [0.5, 0.6) is 0 Å². The number of halogens is 3. The van der Waals surface area contributed by atoms with Crippen LogP contribution in [-0.2, 0) is 21.4 Å². The lowest BCUT2D eigenvalue weighted by Crippen LogP contribution is -2.47. The molecular formula is C18H23F3N2O3S. The molecule has 2 fully saturated rings. The summed E-state index contributed by atoms with van der Waals surface area (Å²) >= 11 is 0. The molecule has 1 aliphatic carbocycles. The standard InChI is InChI=1S/C18H23F3N2O3S/c19-18(20,21)14-5-3-4-13(10-14)17(7-1-2-8-17)12-22-16(24)23-15-6-9-27(25,26)11-15/h3-5,10,15H,1-2,6-9,11-12H2,(H2,22,23,24)/t15-/m1/s1. The number of carbonyl (C=O) groups is 1. The molecular weight excluding hydrogens is 381 g/mol. The maximum atomic E-state index is 13.1. The van der Waals surface area contributed by atoms with E-state index in [1.165, 1.54) is 12.1 Å². The van der Waals surface area contributed by atoms with Gasteiger partial charge in [0.1, 0.15) is 0 Å². The van der Waals surface area contributed by atoms with Crippen molar-refractivity contribution < 1.29 is 26.4 Å². The molecule has 9 heteroatoms. The quantitative estimate of drug-likeness (QED) is 0.810. The second-order valence-corrected chi connectivity index (χ2v) is 9.72. The highest BCUT2D eigenvalue weighted by molar-refractivity contribution is 7.91. The second-order valence-electron chi connectivity index (χ2n) is 7.49. The minimum atomic E-state index is -4.41. The van der Waals surface area contributed by atoms with Gasteiger partial charge in [-0.15, -0.1) is 0 Å². The largest absolute Gasteiger partial charge is 0.416 e. The molecule has 1 saturated carbocycles. The predicted molar refractivity (Wildman–Crippen MR) is 95.2 cm³/mol. The van der Waals surface area contributed by atoms with E-state index in [2.05, 4.69) is 10.6 Å². The molecule has 1 saturated heterocycles. The summed E-state index contributed by atoms with van der Waals surface area (Å²) in [5, 5.41) is 5.40. The van der Waals surface area contributed by atoms with E-state index in [-0.39, 0.29) is 18.1 Å². The highest BCUT2D eigenvalue weighted by atomic mass is 32.2. The topological polar surface area (TPSA) is 75.3 Å². The van der Waals surface area contributed by atoms with Crippen LogP contribution in [0.3, 0.4) is 0 Å². The van der Waals surface area contributed by atoms with Crippen molar-refractivity contribution in [1.82, 2.24) is 10.6 Å². The van der Waals surface area contributed by atoms with Crippen molar-refractivity contribution in [1.29, 1.82) is 0 Å². The van der Waals surface area contributed by atoms with Crippen molar-refractivity contribution in [3.63, 3.8) is 0 Å². The Morgan fingerprint density at radius 3 is 2.52 bits per heavy atom. The molecule has 5 nitrogen and oxygen atoms in total. The van der Waals surface area contributed by atoms with Crippen molar-refractivity contribution >= 4 is 15.9 Å². The van der Waals surface area contributed by atoms with Gasteiger partial charge >= 0.3 is 12.2 Å². The molecule has 2 amide bonds. The molecule has 2 N–H and O–H groups in total. The van der Waals surface area contributed by atoms with Gasteiger partial charge in [-0.05, 0) is 30.9 Å². The first-order chi connectivity index (χ1) is 12.6. The van der Waals surface area contributed by atoms with Crippen LogP contribution in [0, 0.1) is 0 Å². The van der Waals surface area contributed by atoms with Gasteiger partial charge < -0.3 is 10.6 Å². The lowest BCUT2D eigenvalue weighted by atomic mass is 9.78. The summed E-state index contributed by atoms with van der Waals surface area (Å²) in [4.78, 5) is 12.2. The molecule has 1 atom stereocenters. The molecule has 0 unspecified atom stereocenters. The molecule has 0 radical (unpaired) electrons. The van der Waals surface area contributed by atoms with E-state index in [0.717, 1.165) is 18.9 Å². The van der Waals surface area contributed by atoms with Gasteiger partial charge in [0.05, 0.1) is 17.1 Å². The fourth-order valence-corrected chi connectivity index (χ4v) is 5.71. The van der Waals surface area contributed by atoms with Crippen LogP contribution in [0.15, 0.2) is 24.3 Å². The summed E-state index contributed by atoms with van der Waals surface area (Å²) in [7, 11) is -3.09. The number of hydrogen-bond donors (Lipinski definition) is 2. The van der Waals surface area contributed by atoms with E-state index < -0.39 is 39.1 Å². The van der Waals surface area contributed by atoms with Crippen LogP contribution in [-0.4, -0.2) is 38.5 Å². The lowest BCUT2D eigenvalue weighted by molar-refractivity contribution is -0.137. The van der Waals surface area contributed by atoms with Crippen molar-refractivity contribution in [2.24, 2.45) is 0 Å². The minimum absolute atomic E-state index is 0.0616. The third kappa shape index (κ3) is 4.75. The Kier molecular flexibility index (Phi) is 5.42. The molecule has 1 aromatic carbocycles. The Morgan fingerprint density at radius 2 is 1.93 bits per heavy atom. The summed E-state index contributed by atoms with van der Waals surface area (Å²) in [6, 6.07) is 4.42. The van der Waals surface area contributed by atoms with Crippen LogP contribution in [0.25, 0.3) is 0 Å². The third-order valence-electron chi connectivity index (χ3n) is 5.52. The Morgan fingerprint density at radius 1 is 1.22 bits per heavy atom. The zero-order valence-corrected chi connectivity index (χ0v) is 15.6. The number of urea groups is 1. The number of sulfone groups is 1. The normalized spacial score (nSPS) is 23.9. The van der Waals surface area contributed by atoms with Gasteiger partial charge in [0.25, 0.3) is 0 Å². The van der Waals surface area contributed by atoms with E-state index in [1.54, 1.807) is 6.07 Å². The Bertz CT molecular complexity index is 802. The van der Waals surface area contributed by atoms with E-state index >= 15 is 0 Å². The second kappa shape index (κ2) is 7.33. The maximum Gasteiger partial charge on any atom is 0.416 e. The van der Waals surface area contributed by atoms with E-state index in [1.807, 2.05) is 0 Å². The molecule has 150 valence electrons. The zero-order valence-electron chi connectivity index (χ0n) is 14.8. The number of benzene rings is 1. The minimum Gasteiger partial charge on any atom is -0.337 e. The zero-order chi connectivity index (χ0) is 19.7. The number of alkyl halides is 3. The summed E-state index contributed by atoms with van der Waals surface area (Å²) in [6.07, 6.45) is -0.845. The first-order valence-corrected chi connectivity index (χ1v) is 10.8. The molecule has 2 aliphatic rings. The SMILES string of the molecule is O=C(NCC1(c2cccc(C(F)(F)F)c2)CCCC1)N[C@@H]1CCS(=O)(=O)C1. The highest BCUT2D eigenvalue weighted by Gasteiger charge is 2.38. The number of amides is 2. The molecule has 1 heterocycles. The van der Waals surface area contributed by atoms with E-state index in [4.69, 9.17) is 0 Å². The van der Waals surface area contributed by atoms with Gasteiger partial charge in [0.15, 0.2) is 9.84 Å². The summed E-state index contributed by atoms with van der Waals surface area (Å²) < 4.78 is 62.1. The number of hydrogen-bond acceptors (Lipinski definition) is 3. The molecule has 1 aromatic rings. The number of nitrogens with one attached hydrogen (secondary N) is 2. The Balaban J connectivity index is 1.68. The monoisotopic (exact) mass is 404 g/mol. The summed E-state index contributed by atoms with van der Waals surface area (Å²) in [5.41, 5.74) is -0.633. The van der Waals surface area contributed by atoms with Gasteiger partial charge in [-0.1, -0.05) is 31.0 Å². The molecule has 0 spiro atoms. The average molecular weight is 404 g/mol. The van der Waals surface area contributed by atoms with Crippen LogP contribution in [0.1, 0.15) is 43.2 Å². The van der Waals surface area contributed by atoms with Gasteiger partial charge in [-0.2, -0.15) is 13.2 Å². The summed E-state index contributed by atoms with van der Waals surface area (Å²) in [6.45, 7) is 0.222. The Labute approximate surface area is 156 Å². The first-order valence-electron chi connectivity index (χ1n) is 9.02. The molecule has 0 aromatic heterocycles. The number of rotatable bonds is 4. The van der Waals surface area contributed by atoms with E-state index in [0.29, 0.717) is 24.8 Å². The van der Waals surface area contributed by atoms with Crippen molar-refractivity contribution in [2.45, 2.75) is 49.7 Å². The summed E-state index contributed by atoms with van der Waals surface area (Å²) in [5.74, 6) is -0.00862. The molecule has 0 bridgehead atoms. The van der Waals surface area contributed by atoms with Crippen molar-refractivity contribution in [2.75, 3.05) is 18.1 Å². The smallest absolute Gasteiger partial charge is 0.337 e. The van der Waals surface area contributed by atoms with Gasteiger partial charge in [-0.25, -0.2) is 13.2 Å². The lowest BCUT2D eigenvalue weighted by Gasteiger charge is -2.31.